The van der Waals surface area contributed by atoms with Gasteiger partial charge in [0.2, 0.25) is 5.91 Å². The Morgan fingerprint density at radius 2 is 1.25 bits per heavy atom. The summed E-state index contributed by atoms with van der Waals surface area (Å²) < 4.78 is 0. The second-order valence-corrected chi connectivity index (χ2v) is 14.2. The monoisotopic (exact) mass is 696 g/mol. The fourth-order valence-corrected chi connectivity index (χ4v) is 8.04. The van der Waals surface area contributed by atoms with Crippen LogP contribution in [0.2, 0.25) is 0 Å². The van der Waals surface area contributed by atoms with E-state index in [2.05, 4.69) is 68.5 Å². The predicted octanol–water partition coefficient (Wildman–Crippen LogP) is 7.53. The molecule has 2 amide bonds. The van der Waals surface area contributed by atoms with Crippen molar-refractivity contribution < 1.29 is 9.59 Å². The summed E-state index contributed by atoms with van der Waals surface area (Å²) in [5.41, 5.74) is 9.35. The summed E-state index contributed by atoms with van der Waals surface area (Å²) in [6.07, 6.45) is 7.38. The minimum absolute atomic E-state index is 0.0372. The number of carbonyl (C=O) groups is 2. The van der Waals surface area contributed by atoms with Gasteiger partial charge in [0.15, 0.2) is 0 Å². The predicted molar refractivity (Wildman–Crippen MR) is 199 cm³/mol. The molecule has 3 aromatic heterocycles. The van der Waals surface area contributed by atoms with Gasteiger partial charge in [-0.3, -0.25) is 14.5 Å². The van der Waals surface area contributed by atoms with Crippen LogP contribution in [-0.2, 0) is 4.79 Å². The molecule has 0 aliphatic carbocycles. The average Bonchev–Trinajstić information content (AvgIpc) is 4.01. The van der Waals surface area contributed by atoms with Crippen LogP contribution in [0.25, 0.3) is 33.6 Å². The van der Waals surface area contributed by atoms with Gasteiger partial charge in [0.1, 0.15) is 23.4 Å². The topological polar surface area (TPSA) is 114 Å². The van der Waals surface area contributed by atoms with Gasteiger partial charge in [-0.15, -0.1) is 11.3 Å². The maximum atomic E-state index is 13.9. The van der Waals surface area contributed by atoms with E-state index in [1.807, 2.05) is 71.5 Å². The molecule has 5 heterocycles. The number of aromatic amines is 2. The fourth-order valence-electron chi connectivity index (χ4n) is 7.52. The first kappa shape index (κ1) is 32.8. The van der Waals surface area contributed by atoms with Crippen LogP contribution in [0.4, 0.5) is 0 Å². The number of hydrogen-bond donors (Lipinski definition) is 2. The third-order valence-corrected chi connectivity index (χ3v) is 10.7. The third kappa shape index (κ3) is 6.50. The van der Waals surface area contributed by atoms with Gasteiger partial charge < -0.3 is 19.8 Å². The van der Waals surface area contributed by atoms with Crippen LogP contribution in [0.5, 0.6) is 0 Å². The summed E-state index contributed by atoms with van der Waals surface area (Å²) in [5.74, 6) is 1.71. The van der Waals surface area contributed by atoms with Gasteiger partial charge in [0.05, 0.1) is 41.4 Å². The SMILES string of the molecule is CN(C)C(C(=O)N1CCC[C@H]1c1ncc(-c2ccc(-c3ccc(-c4cnc([C@@H]5CCCN5C(=O)c5cscn5)[nH]4)cc3)cc2)[nH]1)c1ccccc1. The Morgan fingerprint density at radius 3 is 1.78 bits per heavy atom. The van der Waals surface area contributed by atoms with Gasteiger partial charge in [-0.25, -0.2) is 15.0 Å². The number of benzene rings is 3. The first-order valence-electron chi connectivity index (χ1n) is 17.5. The van der Waals surface area contributed by atoms with E-state index in [-0.39, 0.29) is 29.9 Å². The lowest BCUT2D eigenvalue weighted by molar-refractivity contribution is -0.137. The van der Waals surface area contributed by atoms with Crippen LogP contribution in [0.3, 0.4) is 0 Å². The molecular weight excluding hydrogens is 657 g/mol. The maximum absolute atomic E-state index is 13.9. The molecule has 3 aromatic carbocycles. The Kier molecular flexibility index (Phi) is 9.06. The van der Waals surface area contributed by atoms with E-state index in [0.717, 1.165) is 83.1 Å². The van der Waals surface area contributed by atoms with Crippen molar-refractivity contribution in [2.45, 2.75) is 43.8 Å². The van der Waals surface area contributed by atoms with Crippen molar-refractivity contribution >= 4 is 23.2 Å². The van der Waals surface area contributed by atoms with E-state index >= 15 is 0 Å². The van der Waals surface area contributed by atoms with E-state index < -0.39 is 0 Å². The van der Waals surface area contributed by atoms with E-state index in [1.165, 1.54) is 11.3 Å². The number of imidazole rings is 2. The van der Waals surface area contributed by atoms with Gasteiger partial charge >= 0.3 is 0 Å². The second kappa shape index (κ2) is 14.1. The molecule has 2 aliphatic rings. The summed E-state index contributed by atoms with van der Waals surface area (Å²) in [5, 5.41) is 1.80. The molecule has 2 N–H and O–H groups in total. The molecule has 8 rings (SSSR count). The van der Waals surface area contributed by atoms with Crippen LogP contribution >= 0.6 is 11.3 Å². The molecular formula is C40H40N8O2S. The van der Waals surface area contributed by atoms with Crippen molar-refractivity contribution in [1.29, 1.82) is 0 Å². The highest BCUT2D eigenvalue weighted by Crippen LogP contribution is 2.36. The summed E-state index contributed by atoms with van der Waals surface area (Å²) in [6.45, 7) is 1.43. The number of carbonyl (C=O) groups excluding carboxylic acids is 2. The molecule has 0 radical (unpaired) electrons. The summed E-state index contributed by atoms with van der Waals surface area (Å²) in [4.78, 5) is 53.4. The molecule has 1 unspecified atom stereocenters. The number of H-pyrrole nitrogens is 2. The fraction of sp³-hybridized carbons (Fsp3) is 0.275. The Bertz CT molecular complexity index is 2110. The van der Waals surface area contributed by atoms with Crippen molar-refractivity contribution in [3.05, 3.63) is 125 Å². The highest BCUT2D eigenvalue weighted by molar-refractivity contribution is 7.07. The average molecular weight is 697 g/mol. The zero-order valence-corrected chi connectivity index (χ0v) is 29.5. The zero-order chi connectivity index (χ0) is 34.9. The van der Waals surface area contributed by atoms with E-state index in [1.54, 1.807) is 10.9 Å². The molecule has 6 aromatic rings. The quantitative estimate of drug-likeness (QED) is 0.162. The lowest BCUT2D eigenvalue weighted by atomic mass is 10.0. The highest BCUT2D eigenvalue weighted by atomic mass is 32.1. The molecule has 11 heteroatoms. The van der Waals surface area contributed by atoms with E-state index in [0.29, 0.717) is 12.2 Å². The van der Waals surface area contributed by atoms with Crippen molar-refractivity contribution in [3.63, 3.8) is 0 Å². The van der Waals surface area contributed by atoms with Gasteiger partial charge in [0.25, 0.3) is 5.91 Å². The number of aromatic nitrogens is 5. The third-order valence-electron chi connectivity index (χ3n) is 10.1. The number of likely N-dealkylation sites (tertiary alicyclic amines) is 2. The van der Waals surface area contributed by atoms with Crippen molar-refractivity contribution in [2.75, 3.05) is 27.2 Å². The molecule has 2 fully saturated rings. The van der Waals surface area contributed by atoms with E-state index in [4.69, 9.17) is 4.98 Å². The van der Waals surface area contributed by atoms with Gasteiger partial charge in [-0.05, 0) is 67.6 Å². The molecule has 2 aliphatic heterocycles. The molecule has 3 atom stereocenters. The van der Waals surface area contributed by atoms with Crippen LogP contribution in [0.1, 0.15) is 71.5 Å². The van der Waals surface area contributed by atoms with Crippen LogP contribution < -0.4 is 0 Å². The number of likely N-dealkylation sites (N-methyl/N-ethyl adjacent to an activating group) is 1. The Hall–Kier alpha value is -5.39. The molecule has 2 saturated heterocycles. The number of nitrogens with zero attached hydrogens (tertiary/aromatic N) is 6. The van der Waals surface area contributed by atoms with Gasteiger partial charge in [-0.2, -0.15) is 0 Å². The molecule has 10 nitrogen and oxygen atoms in total. The lowest BCUT2D eigenvalue weighted by Crippen LogP contribution is -2.40. The number of hydrogen-bond acceptors (Lipinski definition) is 7. The summed E-state index contributed by atoms with van der Waals surface area (Å²) >= 11 is 1.43. The van der Waals surface area contributed by atoms with Crippen LogP contribution in [0.15, 0.2) is 102 Å². The van der Waals surface area contributed by atoms with Crippen LogP contribution in [-0.4, -0.2) is 78.6 Å². The second-order valence-electron chi connectivity index (χ2n) is 13.5. The minimum Gasteiger partial charge on any atom is -0.340 e. The maximum Gasteiger partial charge on any atom is 0.273 e. The number of thiazole rings is 1. The number of nitrogens with one attached hydrogen (secondary N) is 2. The molecule has 258 valence electrons. The van der Waals surface area contributed by atoms with Crippen molar-refractivity contribution in [3.8, 4) is 33.6 Å². The van der Waals surface area contributed by atoms with E-state index in [9.17, 15) is 9.59 Å². The van der Waals surface area contributed by atoms with Gasteiger partial charge in [0, 0.05) is 18.5 Å². The molecule has 0 saturated carbocycles. The first-order chi connectivity index (χ1) is 24.9. The molecule has 0 bridgehead atoms. The van der Waals surface area contributed by atoms with Gasteiger partial charge in [-0.1, -0.05) is 78.9 Å². The number of amides is 2. The van der Waals surface area contributed by atoms with Crippen molar-refractivity contribution in [2.24, 2.45) is 0 Å². The zero-order valence-electron chi connectivity index (χ0n) is 28.7. The van der Waals surface area contributed by atoms with Crippen molar-refractivity contribution in [1.82, 2.24) is 39.6 Å². The van der Waals surface area contributed by atoms with Crippen LogP contribution in [0, 0.1) is 0 Å². The summed E-state index contributed by atoms with van der Waals surface area (Å²) in [6, 6.07) is 26.4. The highest BCUT2D eigenvalue weighted by Gasteiger charge is 2.37. The molecule has 0 spiro atoms. The summed E-state index contributed by atoms with van der Waals surface area (Å²) in [7, 11) is 3.92. The Morgan fingerprint density at radius 1 is 0.725 bits per heavy atom. The lowest BCUT2D eigenvalue weighted by Gasteiger charge is -2.31. The minimum atomic E-state index is -0.339. The standard InChI is InChI=1S/C40H40N8O2S/c1-46(2)36(30-8-4-3-5-9-30)40(50)48-21-7-11-35(48)38-42-23-32(45-38)29-18-14-27(15-19-29)26-12-16-28(17-13-26)31-22-41-37(44-31)34-10-6-20-47(34)39(49)33-24-51-25-43-33/h3-5,8-9,12-19,22-25,34-36H,6-7,10-11,20-21H2,1-2H3,(H,41,44)(H,42,45)/t34-,35-,36?/m0/s1. The first-order valence-corrected chi connectivity index (χ1v) is 18.4. The largest absolute Gasteiger partial charge is 0.340 e. The smallest absolute Gasteiger partial charge is 0.273 e. The normalized spacial score (nSPS) is 18.1. The molecule has 51 heavy (non-hydrogen) atoms. The Labute approximate surface area is 301 Å². The number of rotatable bonds is 9. The Balaban J connectivity index is 0.937.